The van der Waals surface area contributed by atoms with Crippen LogP contribution in [0.15, 0.2) is 30.9 Å². The Morgan fingerprint density at radius 1 is 1.36 bits per heavy atom. The average Bonchev–Trinajstić information content (AvgIpc) is 2.98. The largest absolute Gasteiger partial charge is 0.347 e. The van der Waals surface area contributed by atoms with Crippen molar-refractivity contribution >= 4 is 17.5 Å². The fourth-order valence-corrected chi connectivity index (χ4v) is 2.33. The lowest BCUT2D eigenvalue weighted by molar-refractivity contribution is -0.125. The third-order valence-corrected chi connectivity index (χ3v) is 3.71. The third kappa shape index (κ3) is 3.62. The van der Waals surface area contributed by atoms with Crippen molar-refractivity contribution in [3.05, 3.63) is 47.3 Å². The molecule has 0 saturated heterocycles. The number of carbonyl (C=O) groups is 1. The molecule has 0 unspecified atom stereocenters. The van der Waals surface area contributed by atoms with Crippen LogP contribution in [-0.2, 0) is 4.79 Å². The summed E-state index contributed by atoms with van der Waals surface area (Å²) in [5.74, 6) is -0.666. The molecule has 2 atom stereocenters. The molecule has 1 aromatic carbocycles. The Morgan fingerprint density at radius 3 is 2.64 bits per heavy atom. The van der Waals surface area contributed by atoms with E-state index in [9.17, 15) is 9.18 Å². The highest BCUT2D eigenvalue weighted by Gasteiger charge is 2.25. The number of carbonyl (C=O) groups excluding carboxylic acids is 1. The van der Waals surface area contributed by atoms with Gasteiger partial charge in [-0.15, -0.1) is 0 Å². The Balaban J connectivity index is 2.20. The molecule has 1 aromatic heterocycles. The second-order valence-electron chi connectivity index (χ2n) is 5.45. The molecule has 0 radical (unpaired) electrons. The molecule has 2 rings (SSSR count). The predicted octanol–water partition coefficient (Wildman–Crippen LogP) is 3.15. The molecule has 0 fully saturated rings. The minimum absolute atomic E-state index is 0.0163. The van der Waals surface area contributed by atoms with Crippen LogP contribution >= 0.6 is 11.6 Å². The van der Waals surface area contributed by atoms with Crippen molar-refractivity contribution in [1.82, 2.24) is 20.1 Å². The Labute approximate surface area is 133 Å². The Morgan fingerprint density at radius 2 is 2.09 bits per heavy atom. The molecule has 118 valence electrons. The summed E-state index contributed by atoms with van der Waals surface area (Å²) in [5, 5.41) is 7.14. The lowest BCUT2D eigenvalue weighted by Crippen LogP contribution is -2.37. The molecule has 1 N–H and O–H groups in total. The van der Waals surface area contributed by atoms with Crippen molar-refractivity contribution < 1.29 is 9.18 Å². The molecule has 0 bridgehead atoms. The van der Waals surface area contributed by atoms with Gasteiger partial charge in [-0.2, -0.15) is 5.10 Å². The maximum absolute atomic E-state index is 14.1. The zero-order chi connectivity index (χ0) is 16.3. The SMILES string of the molecule is CC(C)[C@H](NC(=O)[C@@H](C)n1cncn1)c1ccc(Cl)cc1F. The minimum Gasteiger partial charge on any atom is -0.347 e. The topological polar surface area (TPSA) is 59.8 Å². The van der Waals surface area contributed by atoms with E-state index in [-0.39, 0.29) is 11.8 Å². The van der Waals surface area contributed by atoms with Crippen LogP contribution in [0.2, 0.25) is 5.02 Å². The van der Waals surface area contributed by atoms with E-state index >= 15 is 0 Å². The molecule has 0 aliphatic rings. The van der Waals surface area contributed by atoms with Gasteiger partial charge in [-0.3, -0.25) is 4.79 Å². The van der Waals surface area contributed by atoms with Crippen LogP contribution in [0.5, 0.6) is 0 Å². The van der Waals surface area contributed by atoms with Crippen LogP contribution < -0.4 is 5.32 Å². The summed E-state index contributed by atoms with van der Waals surface area (Å²) in [6, 6.07) is 3.49. The summed E-state index contributed by atoms with van der Waals surface area (Å²) < 4.78 is 15.6. The number of aromatic nitrogens is 3. The number of rotatable bonds is 5. The van der Waals surface area contributed by atoms with E-state index in [2.05, 4.69) is 15.4 Å². The molecular weight excluding hydrogens is 307 g/mol. The van der Waals surface area contributed by atoms with E-state index in [1.54, 1.807) is 19.1 Å². The van der Waals surface area contributed by atoms with Gasteiger partial charge in [0.15, 0.2) is 0 Å². The van der Waals surface area contributed by atoms with Gasteiger partial charge >= 0.3 is 0 Å². The summed E-state index contributed by atoms with van der Waals surface area (Å²) in [7, 11) is 0. The average molecular weight is 325 g/mol. The van der Waals surface area contributed by atoms with E-state index in [1.807, 2.05) is 13.8 Å². The van der Waals surface area contributed by atoms with Crippen molar-refractivity contribution in [2.45, 2.75) is 32.9 Å². The maximum atomic E-state index is 14.1. The lowest BCUT2D eigenvalue weighted by atomic mass is 9.95. The maximum Gasteiger partial charge on any atom is 0.245 e. The van der Waals surface area contributed by atoms with Crippen LogP contribution in [-0.4, -0.2) is 20.7 Å². The van der Waals surface area contributed by atoms with Gasteiger partial charge in [-0.25, -0.2) is 14.1 Å². The highest BCUT2D eigenvalue weighted by molar-refractivity contribution is 6.30. The standard InChI is InChI=1S/C15H18ClFN4O/c1-9(2)14(12-5-4-11(16)6-13(12)17)20-15(22)10(3)21-8-18-7-19-21/h4-10,14H,1-3H3,(H,20,22)/t10-,14+/m1/s1. The van der Waals surface area contributed by atoms with E-state index in [1.165, 1.54) is 23.4 Å². The van der Waals surface area contributed by atoms with Gasteiger partial charge in [0.2, 0.25) is 5.91 Å². The fourth-order valence-electron chi connectivity index (χ4n) is 2.17. The van der Waals surface area contributed by atoms with Crippen LogP contribution in [0.4, 0.5) is 4.39 Å². The molecule has 5 nitrogen and oxygen atoms in total. The van der Waals surface area contributed by atoms with Gasteiger partial charge in [0.25, 0.3) is 0 Å². The van der Waals surface area contributed by atoms with Gasteiger partial charge in [0.1, 0.15) is 24.5 Å². The van der Waals surface area contributed by atoms with Gasteiger partial charge in [0, 0.05) is 10.6 Å². The molecule has 2 aromatic rings. The van der Waals surface area contributed by atoms with Crippen molar-refractivity contribution in [2.75, 3.05) is 0 Å². The first-order chi connectivity index (χ1) is 10.4. The van der Waals surface area contributed by atoms with Crippen molar-refractivity contribution in [3.63, 3.8) is 0 Å². The number of halogens is 2. The second kappa shape index (κ2) is 6.87. The molecule has 7 heteroatoms. The van der Waals surface area contributed by atoms with E-state index in [0.29, 0.717) is 10.6 Å². The van der Waals surface area contributed by atoms with Gasteiger partial charge in [-0.05, 0) is 25.0 Å². The summed E-state index contributed by atoms with van der Waals surface area (Å²) in [6.07, 6.45) is 2.83. The van der Waals surface area contributed by atoms with Crippen molar-refractivity contribution in [3.8, 4) is 0 Å². The highest BCUT2D eigenvalue weighted by atomic mass is 35.5. The second-order valence-corrected chi connectivity index (χ2v) is 5.88. The third-order valence-electron chi connectivity index (χ3n) is 3.47. The van der Waals surface area contributed by atoms with Crippen LogP contribution in [0, 0.1) is 11.7 Å². The number of hydrogen-bond donors (Lipinski definition) is 1. The van der Waals surface area contributed by atoms with Crippen LogP contribution in [0.1, 0.15) is 38.4 Å². The molecule has 1 amide bonds. The fraction of sp³-hybridized carbons (Fsp3) is 0.400. The zero-order valence-electron chi connectivity index (χ0n) is 12.6. The first kappa shape index (κ1) is 16.4. The monoisotopic (exact) mass is 324 g/mol. The van der Waals surface area contributed by atoms with Gasteiger partial charge < -0.3 is 5.32 Å². The molecular formula is C15H18ClFN4O. The molecule has 0 saturated carbocycles. The summed E-state index contributed by atoms with van der Waals surface area (Å²) in [6.45, 7) is 5.54. The zero-order valence-corrected chi connectivity index (χ0v) is 13.4. The minimum atomic E-state index is -0.529. The van der Waals surface area contributed by atoms with Crippen LogP contribution in [0.25, 0.3) is 0 Å². The number of benzene rings is 1. The smallest absolute Gasteiger partial charge is 0.245 e. The number of hydrogen-bond acceptors (Lipinski definition) is 3. The molecule has 0 spiro atoms. The van der Waals surface area contributed by atoms with E-state index < -0.39 is 17.9 Å². The lowest BCUT2D eigenvalue weighted by Gasteiger charge is -2.25. The summed E-state index contributed by atoms with van der Waals surface area (Å²) in [4.78, 5) is 16.2. The van der Waals surface area contributed by atoms with Gasteiger partial charge in [-0.1, -0.05) is 31.5 Å². The molecule has 22 heavy (non-hydrogen) atoms. The predicted molar refractivity (Wildman–Crippen MR) is 81.9 cm³/mol. The molecule has 0 aliphatic carbocycles. The molecule has 1 heterocycles. The first-order valence-electron chi connectivity index (χ1n) is 6.99. The van der Waals surface area contributed by atoms with Crippen molar-refractivity contribution in [2.24, 2.45) is 5.92 Å². The van der Waals surface area contributed by atoms with E-state index in [4.69, 9.17) is 11.6 Å². The summed E-state index contributed by atoms with van der Waals surface area (Å²) >= 11 is 5.78. The summed E-state index contributed by atoms with van der Waals surface area (Å²) in [5.41, 5.74) is 0.415. The number of nitrogens with zero attached hydrogens (tertiary/aromatic N) is 3. The van der Waals surface area contributed by atoms with Crippen molar-refractivity contribution in [1.29, 1.82) is 0 Å². The van der Waals surface area contributed by atoms with Gasteiger partial charge in [0.05, 0.1) is 6.04 Å². The number of nitrogens with one attached hydrogen (secondary N) is 1. The van der Waals surface area contributed by atoms with Crippen LogP contribution in [0.3, 0.4) is 0 Å². The Hall–Kier alpha value is -1.95. The first-order valence-corrected chi connectivity index (χ1v) is 7.37. The highest BCUT2D eigenvalue weighted by Crippen LogP contribution is 2.26. The normalized spacial score (nSPS) is 13.9. The quantitative estimate of drug-likeness (QED) is 0.919. The molecule has 0 aliphatic heterocycles. The Bertz CT molecular complexity index is 645. The van der Waals surface area contributed by atoms with E-state index in [0.717, 1.165) is 0 Å². The number of amides is 1. The Kier molecular flexibility index (Phi) is 5.13.